The van der Waals surface area contributed by atoms with Gasteiger partial charge in [0.05, 0.1) is 0 Å². The molecule has 0 radical (unpaired) electrons. The highest BCUT2D eigenvalue weighted by molar-refractivity contribution is 4.92. The van der Waals surface area contributed by atoms with Gasteiger partial charge in [-0.25, -0.2) is 0 Å². The van der Waals surface area contributed by atoms with E-state index in [1.165, 1.54) is 32.1 Å². The lowest BCUT2D eigenvalue weighted by atomic mass is 9.81. The van der Waals surface area contributed by atoms with Crippen molar-refractivity contribution in [3.05, 3.63) is 12.2 Å². The summed E-state index contributed by atoms with van der Waals surface area (Å²) in [6.45, 7) is 12.9. The van der Waals surface area contributed by atoms with E-state index in [2.05, 4.69) is 52.1 Å². The van der Waals surface area contributed by atoms with Crippen LogP contribution in [0.15, 0.2) is 12.2 Å². The summed E-state index contributed by atoms with van der Waals surface area (Å²) in [5.74, 6) is 3.15. The summed E-state index contributed by atoms with van der Waals surface area (Å²) >= 11 is 0. The maximum atomic E-state index is 3.27. The minimum absolute atomic E-state index is 0.728. The van der Waals surface area contributed by atoms with Crippen molar-refractivity contribution in [3.8, 4) is 0 Å². The van der Waals surface area contributed by atoms with Gasteiger partial charge >= 0.3 is 0 Å². The predicted molar refractivity (Wildman–Crippen MR) is 88.5 cm³/mol. The summed E-state index contributed by atoms with van der Waals surface area (Å²) in [6, 6.07) is 0. The van der Waals surface area contributed by atoms with Gasteiger partial charge in [-0.15, -0.1) is 0 Å². The topological polar surface area (TPSA) is 12.0 Å². The first-order chi connectivity index (χ1) is 9.04. The fourth-order valence-corrected chi connectivity index (χ4v) is 2.65. The van der Waals surface area contributed by atoms with Crippen molar-refractivity contribution in [2.75, 3.05) is 13.6 Å². The molecule has 0 aromatic heterocycles. The van der Waals surface area contributed by atoms with Crippen LogP contribution in [-0.2, 0) is 0 Å². The van der Waals surface area contributed by atoms with E-state index in [4.69, 9.17) is 0 Å². The molecule has 0 rings (SSSR count). The molecule has 0 aromatic rings. The fraction of sp³-hybridized carbons (Fsp3) is 0.889. The van der Waals surface area contributed by atoms with E-state index < -0.39 is 0 Å². The largest absolute Gasteiger partial charge is 0.320 e. The van der Waals surface area contributed by atoms with Gasteiger partial charge in [0, 0.05) is 0 Å². The summed E-state index contributed by atoms with van der Waals surface area (Å²) in [6.07, 6.45) is 11.5. The van der Waals surface area contributed by atoms with E-state index in [0.717, 1.165) is 30.2 Å². The molecule has 0 amide bonds. The molecular formula is C18H37N. The predicted octanol–water partition coefficient (Wildman–Crippen LogP) is 5.28. The highest BCUT2D eigenvalue weighted by atomic mass is 14.8. The summed E-state index contributed by atoms with van der Waals surface area (Å²) in [5, 5.41) is 3.27. The molecule has 1 N–H and O–H groups in total. The number of nitrogens with one attached hydrogen (secondary N) is 1. The average molecular weight is 268 g/mol. The third-order valence-corrected chi connectivity index (χ3v) is 4.38. The van der Waals surface area contributed by atoms with Crippen LogP contribution in [0.25, 0.3) is 0 Å². The van der Waals surface area contributed by atoms with Crippen molar-refractivity contribution < 1.29 is 0 Å². The van der Waals surface area contributed by atoms with Crippen molar-refractivity contribution in [1.82, 2.24) is 5.32 Å². The Bertz CT molecular complexity index is 222. The molecule has 19 heavy (non-hydrogen) atoms. The highest BCUT2D eigenvalue weighted by Crippen LogP contribution is 2.28. The summed E-state index contributed by atoms with van der Waals surface area (Å²) < 4.78 is 0. The van der Waals surface area contributed by atoms with Gasteiger partial charge in [0.1, 0.15) is 0 Å². The summed E-state index contributed by atoms with van der Waals surface area (Å²) in [4.78, 5) is 0. The molecule has 0 heterocycles. The third-order valence-electron chi connectivity index (χ3n) is 4.38. The second kappa shape index (κ2) is 11.5. The Hall–Kier alpha value is -0.300. The minimum Gasteiger partial charge on any atom is -0.320 e. The Kier molecular flexibility index (Phi) is 11.3. The minimum atomic E-state index is 0.728. The number of hydrogen-bond donors (Lipinski definition) is 1. The average Bonchev–Trinajstić information content (AvgIpc) is 2.41. The van der Waals surface area contributed by atoms with Crippen molar-refractivity contribution >= 4 is 0 Å². The molecule has 4 unspecified atom stereocenters. The van der Waals surface area contributed by atoms with Crippen LogP contribution in [0.1, 0.15) is 66.7 Å². The van der Waals surface area contributed by atoms with E-state index in [9.17, 15) is 0 Å². The van der Waals surface area contributed by atoms with Crippen LogP contribution in [0.3, 0.4) is 0 Å². The molecule has 1 heteroatoms. The molecule has 0 fully saturated rings. The first-order valence-electron chi connectivity index (χ1n) is 8.37. The lowest BCUT2D eigenvalue weighted by Crippen LogP contribution is -2.17. The zero-order valence-corrected chi connectivity index (χ0v) is 14.2. The van der Waals surface area contributed by atoms with Crippen LogP contribution in [-0.4, -0.2) is 13.6 Å². The standard InChI is InChI=1S/C18H37N/c1-7-9-18(14-16(4)12-13-19-6)17(5)11-10-15(3)8-2/h10-11,15-19H,7-9,12-14H2,1-6H3. The van der Waals surface area contributed by atoms with Crippen LogP contribution in [0.5, 0.6) is 0 Å². The van der Waals surface area contributed by atoms with Crippen LogP contribution in [0, 0.1) is 23.7 Å². The first kappa shape index (κ1) is 18.7. The SMILES string of the molecule is CCCC(CC(C)CCNC)C(C)C=CC(C)CC. The number of rotatable bonds is 11. The second-order valence-electron chi connectivity index (χ2n) is 6.41. The lowest BCUT2D eigenvalue weighted by Gasteiger charge is -2.25. The molecule has 0 saturated heterocycles. The monoisotopic (exact) mass is 267 g/mol. The molecule has 0 aliphatic heterocycles. The molecule has 1 nitrogen and oxygen atoms in total. The van der Waals surface area contributed by atoms with Gasteiger partial charge in [0.15, 0.2) is 0 Å². The van der Waals surface area contributed by atoms with E-state index in [-0.39, 0.29) is 0 Å². The quantitative estimate of drug-likeness (QED) is 0.502. The Morgan fingerprint density at radius 3 is 2.21 bits per heavy atom. The second-order valence-corrected chi connectivity index (χ2v) is 6.41. The lowest BCUT2D eigenvalue weighted by molar-refractivity contribution is 0.298. The number of hydrogen-bond acceptors (Lipinski definition) is 1. The first-order valence-corrected chi connectivity index (χ1v) is 8.37. The van der Waals surface area contributed by atoms with Gasteiger partial charge in [-0.1, -0.05) is 66.0 Å². The Morgan fingerprint density at radius 1 is 1.00 bits per heavy atom. The molecular weight excluding hydrogens is 230 g/mol. The molecule has 114 valence electrons. The molecule has 4 atom stereocenters. The normalized spacial score (nSPS) is 18.4. The smallest absolute Gasteiger partial charge is 0.00494 e. The van der Waals surface area contributed by atoms with Gasteiger partial charge in [0.2, 0.25) is 0 Å². The van der Waals surface area contributed by atoms with Gasteiger partial charge in [-0.2, -0.15) is 0 Å². The van der Waals surface area contributed by atoms with E-state index in [1.807, 2.05) is 7.05 Å². The van der Waals surface area contributed by atoms with Gasteiger partial charge in [-0.3, -0.25) is 0 Å². The zero-order valence-electron chi connectivity index (χ0n) is 14.2. The van der Waals surface area contributed by atoms with Crippen LogP contribution in [0.2, 0.25) is 0 Å². The molecule has 0 bridgehead atoms. The fourth-order valence-electron chi connectivity index (χ4n) is 2.65. The van der Waals surface area contributed by atoms with Crippen molar-refractivity contribution in [2.24, 2.45) is 23.7 Å². The van der Waals surface area contributed by atoms with Crippen molar-refractivity contribution in [3.63, 3.8) is 0 Å². The molecule has 0 aliphatic rings. The maximum absolute atomic E-state index is 3.27. The third kappa shape index (κ3) is 9.27. The van der Waals surface area contributed by atoms with Gasteiger partial charge in [0.25, 0.3) is 0 Å². The molecule has 0 spiro atoms. The van der Waals surface area contributed by atoms with Gasteiger partial charge in [-0.05, 0) is 50.1 Å². The molecule has 0 aliphatic carbocycles. The van der Waals surface area contributed by atoms with Crippen LogP contribution < -0.4 is 5.32 Å². The Balaban J connectivity index is 4.32. The van der Waals surface area contributed by atoms with Crippen LogP contribution >= 0.6 is 0 Å². The van der Waals surface area contributed by atoms with Gasteiger partial charge < -0.3 is 5.32 Å². The summed E-state index contributed by atoms with van der Waals surface area (Å²) in [5.41, 5.74) is 0. The van der Waals surface area contributed by atoms with Crippen LogP contribution in [0.4, 0.5) is 0 Å². The zero-order chi connectivity index (χ0) is 14.7. The molecule has 0 saturated carbocycles. The molecule has 0 aromatic carbocycles. The van der Waals surface area contributed by atoms with E-state index in [1.54, 1.807) is 0 Å². The van der Waals surface area contributed by atoms with Crippen molar-refractivity contribution in [2.45, 2.75) is 66.7 Å². The van der Waals surface area contributed by atoms with Crippen molar-refractivity contribution in [1.29, 1.82) is 0 Å². The highest BCUT2D eigenvalue weighted by Gasteiger charge is 2.17. The summed E-state index contributed by atoms with van der Waals surface area (Å²) in [7, 11) is 2.05. The Labute approximate surface area is 122 Å². The van der Waals surface area contributed by atoms with E-state index >= 15 is 0 Å². The van der Waals surface area contributed by atoms with E-state index in [0.29, 0.717) is 0 Å². The maximum Gasteiger partial charge on any atom is -0.00494 e. The number of allylic oxidation sites excluding steroid dienone is 2. The Morgan fingerprint density at radius 2 is 1.68 bits per heavy atom.